The summed E-state index contributed by atoms with van der Waals surface area (Å²) in [5.41, 5.74) is 5.80. The Kier molecular flexibility index (Phi) is 8.20. The molecule has 0 aromatic carbocycles. The van der Waals surface area contributed by atoms with Crippen molar-refractivity contribution in [2.45, 2.75) is 44.1 Å². The number of pyridine rings is 1. The minimum atomic E-state index is -1.30. The van der Waals surface area contributed by atoms with Crippen LogP contribution >= 0.6 is 0 Å². The average molecular weight is 566 g/mol. The van der Waals surface area contributed by atoms with Crippen molar-refractivity contribution in [1.29, 1.82) is 0 Å². The Bertz CT molecular complexity index is 1220. The fourth-order valence-electron chi connectivity index (χ4n) is 6.36. The molecule has 0 radical (unpaired) electrons. The maximum atomic E-state index is 12.9. The number of rotatable bonds is 8. The number of carbonyl (C=O) groups is 2. The van der Waals surface area contributed by atoms with Gasteiger partial charge in [0.15, 0.2) is 11.3 Å². The van der Waals surface area contributed by atoms with Gasteiger partial charge in [-0.2, -0.15) is 0 Å². The second-order valence-electron chi connectivity index (χ2n) is 11.4. The number of hydrogen-bond donors (Lipinski definition) is 1. The second-order valence-corrected chi connectivity index (χ2v) is 11.4. The van der Waals surface area contributed by atoms with Crippen LogP contribution in [-0.4, -0.2) is 103 Å². The number of morpholine rings is 1. The van der Waals surface area contributed by atoms with E-state index in [9.17, 15) is 9.59 Å². The first-order valence-electron chi connectivity index (χ1n) is 14.8. The maximum absolute atomic E-state index is 12.9. The predicted octanol–water partition coefficient (Wildman–Crippen LogP) is 1.43. The minimum absolute atomic E-state index is 0.0760. The highest BCUT2D eigenvalue weighted by molar-refractivity contribution is 5.92. The van der Waals surface area contributed by atoms with Gasteiger partial charge in [-0.1, -0.05) is 0 Å². The van der Waals surface area contributed by atoms with E-state index in [1.54, 1.807) is 6.20 Å². The molecule has 220 valence electrons. The molecule has 6 rings (SSSR count). The molecule has 0 bridgehead atoms. The van der Waals surface area contributed by atoms with Crippen LogP contribution in [0.25, 0.3) is 0 Å². The lowest BCUT2D eigenvalue weighted by Crippen LogP contribution is -2.50. The van der Waals surface area contributed by atoms with E-state index < -0.39 is 17.5 Å². The third-order valence-electron chi connectivity index (χ3n) is 8.96. The van der Waals surface area contributed by atoms with Crippen molar-refractivity contribution in [1.82, 2.24) is 19.9 Å². The van der Waals surface area contributed by atoms with E-state index in [0.717, 1.165) is 89.7 Å². The molecule has 41 heavy (non-hydrogen) atoms. The number of hydrogen-bond acceptors (Lipinski definition) is 11. The van der Waals surface area contributed by atoms with Crippen LogP contribution in [0.15, 0.2) is 24.7 Å². The molecular weight excluding hydrogens is 526 g/mol. The molecule has 3 aliphatic heterocycles. The summed E-state index contributed by atoms with van der Waals surface area (Å²) in [6.45, 7) is 8.35. The third kappa shape index (κ3) is 6.08. The van der Waals surface area contributed by atoms with Gasteiger partial charge in [-0.15, -0.1) is 0 Å². The lowest BCUT2D eigenvalue weighted by atomic mass is 9.77. The zero-order valence-corrected chi connectivity index (χ0v) is 23.5. The van der Waals surface area contributed by atoms with Gasteiger partial charge in [0, 0.05) is 57.4 Å². The average Bonchev–Trinajstić information content (AvgIpc) is 3.51. The molecule has 2 N–H and O–H groups in total. The number of aromatic nitrogens is 3. The zero-order chi connectivity index (χ0) is 28.2. The summed E-state index contributed by atoms with van der Waals surface area (Å²) in [5.74, 6) is 1.94. The Morgan fingerprint density at radius 2 is 1.76 bits per heavy atom. The van der Waals surface area contributed by atoms with Gasteiger partial charge in [-0.25, -0.2) is 19.7 Å². The van der Waals surface area contributed by atoms with Gasteiger partial charge in [0.2, 0.25) is 0 Å². The summed E-state index contributed by atoms with van der Waals surface area (Å²) in [7, 11) is 0. The standard InChI is InChI=1S/C29H39N7O5/c30-28(38)29(41-27(37)23-19-33-25(20-32-23)35-14-17-39-18-15-35)6-1-21(2-7-29)4-9-34-10-12-36(13-11-34)26-22-5-16-40-24(22)3-8-31-26/h3,8,19-21H,1-2,4-7,9-18H2,(H2,30,38). The smallest absolute Gasteiger partial charge is 0.359 e. The van der Waals surface area contributed by atoms with Crippen LogP contribution in [0.1, 0.15) is 48.2 Å². The predicted molar refractivity (Wildman–Crippen MR) is 151 cm³/mol. The number of nitrogens with zero attached hydrogens (tertiary/aromatic N) is 6. The minimum Gasteiger partial charge on any atom is -0.493 e. The van der Waals surface area contributed by atoms with Crippen LogP contribution < -0.4 is 20.3 Å². The van der Waals surface area contributed by atoms with Crippen molar-refractivity contribution in [3.63, 3.8) is 0 Å². The molecule has 0 atom stereocenters. The molecule has 1 saturated carbocycles. The molecule has 12 heteroatoms. The molecule has 2 saturated heterocycles. The van der Waals surface area contributed by atoms with Crippen molar-refractivity contribution in [2.75, 3.05) is 75.4 Å². The molecule has 1 aliphatic carbocycles. The number of ether oxygens (including phenoxy) is 3. The summed E-state index contributed by atoms with van der Waals surface area (Å²) in [4.78, 5) is 45.6. The highest BCUT2D eigenvalue weighted by Gasteiger charge is 2.44. The maximum Gasteiger partial charge on any atom is 0.359 e. The van der Waals surface area contributed by atoms with E-state index in [1.807, 2.05) is 12.3 Å². The molecule has 4 aliphatic rings. The zero-order valence-electron chi connectivity index (χ0n) is 23.5. The van der Waals surface area contributed by atoms with Crippen LogP contribution in [0.5, 0.6) is 5.75 Å². The van der Waals surface area contributed by atoms with Crippen molar-refractivity contribution in [3.05, 3.63) is 35.9 Å². The number of anilines is 2. The van der Waals surface area contributed by atoms with Gasteiger partial charge in [-0.05, 0) is 50.6 Å². The summed E-state index contributed by atoms with van der Waals surface area (Å²) >= 11 is 0. The van der Waals surface area contributed by atoms with Crippen molar-refractivity contribution < 1.29 is 23.8 Å². The monoisotopic (exact) mass is 565 g/mol. The van der Waals surface area contributed by atoms with E-state index in [0.29, 0.717) is 37.8 Å². The molecule has 0 unspecified atom stereocenters. The van der Waals surface area contributed by atoms with E-state index in [-0.39, 0.29) is 5.69 Å². The van der Waals surface area contributed by atoms with Crippen molar-refractivity contribution >= 4 is 23.5 Å². The first-order chi connectivity index (χ1) is 20.0. The fraction of sp³-hybridized carbons (Fsp3) is 0.621. The Morgan fingerprint density at radius 3 is 2.46 bits per heavy atom. The Labute approximate surface area is 240 Å². The molecule has 2 aromatic heterocycles. The largest absolute Gasteiger partial charge is 0.493 e. The van der Waals surface area contributed by atoms with Gasteiger partial charge in [-0.3, -0.25) is 9.69 Å². The number of carbonyl (C=O) groups excluding carboxylic acids is 2. The SMILES string of the molecule is NC(=O)C1(OC(=O)c2cnc(N3CCOCC3)cn2)CCC(CCN2CCN(c3nccc4c3CCO4)CC2)CC1. The third-order valence-corrected chi connectivity index (χ3v) is 8.96. The van der Waals surface area contributed by atoms with Crippen molar-refractivity contribution in [3.8, 4) is 5.75 Å². The normalized spacial score (nSPS) is 24.9. The highest BCUT2D eigenvalue weighted by atomic mass is 16.6. The number of nitrogens with two attached hydrogens (primary N) is 1. The van der Waals surface area contributed by atoms with Gasteiger partial charge >= 0.3 is 5.97 Å². The molecule has 2 aromatic rings. The van der Waals surface area contributed by atoms with Gasteiger partial charge < -0.3 is 29.7 Å². The molecule has 5 heterocycles. The van der Waals surface area contributed by atoms with Crippen LogP contribution in [0, 0.1) is 5.92 Å². The molecule has 3 fully saturated rings. The summed E-state index contributed by atoms with van der Waals surface area (Å²) in [6, 6.07) is 1.96. The molecule has 12 nitrogen and oxygen atoms in total. The number of esters is 1. The number of amides is 1. The van der Waals surface area contributed by atoms with Gasteiger partial charge in [0.1, 0.15) is 17.4 Å². The van der Waals surface area contributed by atoms with E-state index in [1.165, 1.54) is 11.8 Å². The summed E-state index contributed by atoms with van der Waals surface area (Å²) in [5, 5.41) is 0. The number of piperazine rings is 1. The van der Waals surface area contributed by atoms with Crippen LogP contribution in [-0.2, 0) is 20.7 Å². The van der Waals surface area contributed by atoms with Gasteiger partial charge in [0.05, 0.1) is 32.2 Å². The fourth-order valence-corrected chi connectivity index (χ4v) is 6.36. The van der Waals surface area contributed by atoms with E-state index in [4.69, 9.17) is 19.9 Å². The molecule has 0 spiro atoms. The topological polar surface area (TPSA) is 136 Å². The summed E-state index contributed by atoms with van der Waals surface area (Å²) < 4.78 is 16.8. The molecule has 1 amide bonds. The van der Waals surface area contributed by atoms with Crippen LogP contribution in [0.2, 0.25) is 0 Å². The Hall–Kier alpha value is -3.51. The number of primary amides is 1. The lowest BCUT2D eigenvalue weighted by Gasteiger charge is -2.39. The highest BCUT2D eigenvalue weighted by Crippen LogP contribution is 2.37. The van der Waals surface area contributed by atoms with E-state index >= 15 is 0 Å². The quantitative estimate of drug-likeness (QED) is 0.466. The van der Waals surface area contributed by atoms with Gasteiger partial charge in [0.25, 0.3) is 5.91 Å². The molecular formula is C29H39N7O5. The van der Waals surface area contributed by atoms with Crippen LogP contribution in [0.4, 0.5) is 11.6 Å². The lowest BCUT2D eigenvalue weighted by molar-refractivity contribution is -0.142. The van der Waals surface area contributed by atoms with Crippen molar-refractivity contribution in [2.24, 2.45) is 11.7 Å². The Morgan fingerprint density at radius 1 is 0.976 bits per heavy atom. The van der Waals surface area contributed by atoms with Crippen LogP contribution in [0.3, 0.4) is 0 Å². The van der Waals surface area contributed by atoms with E-state index in [2.05, 4.69) is 29.7 Å². The first-order valence-corrected chi connectivity index (χ1v) is 14.8. The second kappa shape index (κ2) is 12.2. The Balaban J connectivity index is 0.967. The summed E-state index contributed by atoms with van der Waals surface area (Å²) in [6.07, 6.45) is 9.22. The number of fused-ring (bicyclic) bond motifs is 1. The first kappa shape index (κ1) is 27.6.